The highest BCUT2D eigenvalue weighted by atomic mass is 16.5. The summed E-state index contributed by atoms with van der Waals surface area (Å²) in [5.41, 5.74) is 4.17. The Morgan fingerprint density at radius 2 is 2.00 bits per heavy atom. The molecule has 3 heterocycles. The summed E-state index contributed by atoms with van der Waals surface area (Å²) in [4.78, 5) is 9.57. The lowest BCUT2D eigenvalue weighted by Gasteiger charge is -2.22. The molecule has 1 unspecified atom stereocenters. The fraction of sp³-hybridized carbons (Fsp3) is 0.333. The summed E-state index contributed by atoms with van der Waals surface area (Å²) in [6.45, 7) is 4.00. The topological polar surface area (TPSA) is 67.3 Å². The molecule has 2 N–H and O–H groups in total. The molecule has 5 heteroatoms. The maximum atomic E-state index is 10.4. The van der Waals surface area contributed by atoms with Crippen LogP contribution >= 0.6 is 0 Å². The van der Waals surface area contributed by atoms with E-state index in [0.717, 1.165) is 53.1 Å². The largest absolute Gasteiger partial charge is 0.507 e. The minimum Gasteiger partial charge on any atom is -0.507 e. The highest BCUT2D eigenvalue weighted by molar-refractivity contribution is 5.81. The Balaban J connectivity index is 1.77. The Bertz CT molecular complexity index is 926. The van der Waals surface area contributed by atoms with Crippen LogP contribution in [0.15, 0.2) is 36.4 Å². The van der Waals surface area contributed by atoms with Gasteiger partial charge in [0.05, 0.1) is 12.8 Å². The summed E-state index contributed by atoms with van der Waals surface area (Å²) in [5.74, 6) is 1.24. The third-order valence-electron chi connectivity index (χ3n) is 5.07. The van der Waals surface area contributed by atoms with Crippen molar-refractivity contribution in [2.75, 3.05) is 20.2 Å². The van der Waals surface area contributed by atoms with Crippen molar-refractivity contribution >= 4 is 11.0 Å². The lowest BCUT2D eigenvalue weighted by Crippen LogP contribution is -2.28. The minimum absolute atomic E-state index is 0.168. The van der Waals surface area contributed by atoms with Gasteiger partial charge in [-0.2, -0.15) is 0 Å². The number of ether oxygens (including phenoxy) is 1. The summed E-state index contributed by atoms with van der Waals surface area (Å²) < 4.78 is 5.22. The van der Waals surface area contributed by atoms with Crippen LogP contribution < -0.4 is 10.1 Å². The minimum atomic E-state index is 0.168. The van der Waals surface area contributed by atoms with E-state index < -0.39 is 0 Å². The Morgan fingerprint density at radius 1 is 1.15 bits per heavy atom. The van der Waals surface area contributed by atoms with E-state index in [1.54, 1.807) is 13.2 Å². The molecule has 134 valence electrons. The predicted molar refractivity (Wildman–Crippen MR) is 103 cm³/mol. The molecule has 0 aliphatic carbocycles. The molecule has 1 aromatic carbocycles. The fourth-order valence-electron chi connectivity index (χ4n) is 3.67. The first-order valence-electron chi connectivity index (χ1n) is 9.02. The molecule has 1 atom stereocenters. The maximum absolute atomic E-state index is 10.4. The Kier molecular flexibility index (Phi) is 4.47. The Hall–Kier alpha value is -2.66. The van der Waals surface area contributed by atoms with Crippen molar-refractivity contribution in [3.8, 4) is 22.8 Å². The van der Waals surface area contributed by atoms with E-state index in [9.17, 15) is 5.11 Å². The van der Waals surface area contributed by atoms with Gasteiger partial charge >= 0.3 is 0 Å². The number of nitrogens with zero attached hydrogens (tertiary/aromatic N) is 2. The number of rotatable bonds is 3. The molecule has 5 nitrogen and oxygen atoms in total. The van der Waals surface area contributed by atoms with Crippen molar-refractivity contribution in [2.24, 2.45) is 0 Å². The Labute approximate surface area is 153 Å². The second-order valence-corrected chi connectivity index (χ2v) is 6.86. The summed E-state index contributed by atoms with van der Waals surface area (Å²) >= 11 is 0. The quantitative estimate of drug-likeness (QED) is 0.753. The highest BCUT2D eigenvalue weighted by Crippen LogP contribution is 2.35. The number of aromatic nitrogens is 2. The molecule has 0 bridgehead atoms. The third-order valence-corrected chi connectivity index (χ3v) is 5.07. The van der Waals surface area contributed by atoms with E-state index in [-0.39, 0.29) is 5.75 Å². The zero-order valence-corrected chi connectivity index (χ0v) is 15.1. The van der Waals surface area contributed by atoms with Gasteiger partial charge in [0.25, 0.3) is 0 Å². The van der Waals surface area contributed by atoms with Crippen molar-refractivity contribution in [3.05, 3.63) is 47.7 Å². The number of nitrogens with one attached hydrogen (secondary N) is 1. The summed E-state index contributed by atoms with van der Waals surface area (Å²) in [6.07, 6.45) is 2.33. The van der Waals surface area contributed by atoms with Gasteiger partial charge in [-0.05, 0) is 62.2 Å². The van der Waals surface area contributed by atoms with E-state index in [2.05, 4.69) is 17.4 Å². The molecule has 1 aliphatic rings. The molecular weight excluding hydrogens is 326 g/mol. The van der Waals surface area contributed by atoms with E-state index in [0.29, 0.717) is 11.7 Å². The van der Waals surface area contributed by atoms with Crippen LogP contribution in [-0.4, -0.2) is 35.3 Å². The first-order valence-corrected chi connectivity index (χ1v) is 9.02. The second kappa shape index (κ2) is 6.92. The van der Waals surface area contributed by atoms with Crippen molar-refractivity contribution < 1.29 is 9.84 Å². The zero-order valence-electron chi connectivity index (χ0n) is 15.1. The van der Waals surface area contributed by atoms with Crippen molar-refractivity contribution in [3.63, 3.8) is 0 Å². The standard InChI is InChI=1S/C21H23N3O2/c1-13-10-16(26-2)11-19(25)20(13)18-8-6-14-5-7-17(23-21(14)24-18)15-4-3-9-22-12-15/h5-8,10-11,15,22,25H,3-4,9,12H2,1-2H3. The normalized spacial score (nSPS) is 17.4. The van der Waals surface area contributed by atoms with E-state index in [1.807, 2.05) is 25.1 Å². The first kappa shape index (κ1) is 16.8. The van der Waals surface area contributed by atoms with Crippen LogP contribution in [0.3, 0.4) is 0 Å². The van der Waals surface area contributed by atoms with Crippen LogP contribution in [0, 0.1) is 6.92 Å². The van der Waals surface area contributed by atoms with E-state index >= 15 is 0 Å². The van der Waals surface area contributed by atoms with Gasteiger partial charge in [-0.3, -0.25) is 0 Å². The molecule has 2 aromatic heterocycles. The average Bonchev–Trinajstić information content (AvgIpc) is 2.67. The van der Waals surface area contributed by atoms with Crippen LogP contribution in [0.4, 0.5) is 0 Å². The Morgan fingerprint density at radius 3 is 2.73 bits per heavy atom. The summed E-state index contributed by atoms with van der Waals surface area (Å²) in [7, 11) is 1.59. The number of hydrogen-bond donors (Lipinski definition) is 2. The number of aromatic hydroxyl groups is 1. The van der Waals surface area contributed by atoms with Gasteiger partial charge < -0.3 is 15.2 Å². The van der Waals surface area contributed by atoms with Gasteiger partial charge in [0.15, 0.2) is 5.65 Å². The molecule has 1 fully saturated rings. The number of pyridine rings is 2. The zero-order chi connectivity index (χ0) is 18.1. The molecule has 3 aromatic rings. The average molecular weight is 349 g/mol. The lowest BCUT2D eigenvalue weighted by atomic mass is 9.95. The van der Waals surface area contributed by atoms with E-state index in [4.69, 9.17) is 14.7 Å². The first-order chi connectivity index (χ1) is 12.7. The number of fused-ring (bicyclic) bond motifs is 1. The molecule has 0 radical (unpaired) electrons. The molecule has 4 rings (SSSR count). The molecular formula is C21H23N3O2. The number of phenolic OH excluding ortho intramolecular Hbond substituents is 1. The number of aryl methyl sites for hydroxylation is 1. The van der Waals surface area contributed by atoms with Gasteiger partial charge in [0, 0.05) is 35.2 Å². The summed E-state index contributed by atoms with van der Waals surface area (Å²) in [5, 5.41) is 14.9. The molecule has 0 spiro atoms. The number of methoxy groups -OCH3 is 1. The number of piperidine rings is 1. The summed E-state index contributed by atoms with van der Waals surface area (Å²) in [6, 6.07) is 11.7. The fourth-order valence-corrected chi connectivity index (χ4v) is 3.67. The number of hydrogen-bond acceptors (Lipinski definition) is 5. The van der Waals surface area contributed by atoms with Gasteiger partial charge in [-0.15, -0.1) is 0 Å². The van der Waals surface area contributed by atoms with Crippen LogP contribution in [0.1, 0.15) is 30.0 Å². The SMILES string of the molecule is COc1cc(C)c(-c2ccc3ccc(C4CCCNC4)nc3n2)c(O)c1. The van der Waals surface area contributed by atoms with Crippen molar-refractivity contribution in [1.82, 2.24) is 15.3 Å². The molecule has 0 amide bonds. The molecule has 26 heavy (non-hydrogen) atoms. The van der Waals surface area contributed by atoms with Crippen LogP contribution in [0.25, 0.3) is 22.3 Å². The predicted octanol–water partition coefficient (Wildman–Crippen LogP) is 3.79. The van der Waals surface area contributed by atoms with Gasteiger partial charge in [-0.1, -0.05) is 0 Å². The third kappa shape index (κ3) is 3.10. The van der Waals surface area contributed by atoms with Crippen molar-refractivity contribution in [1.29, 1.82) is 0 Å². The number of phenols is 1. The van der Waals surface area contributed by atoms with Crippen molar-refractivity contribution in [2.45, 2.75) is 25.7 Å². The monoisotopic (exact) mass is 349 g/mol. The molecule has 1 saturated heterocycles. The molecule has 1 aliphatic heterocycles. The smallest absolute Gasteiger partial charge is 0.160 e. The second-order valence-electron chi connectivity index (χ2n) is 6.86. The van der Waals surface area contributed by atoms with Crippen LogP contribution in [0.2, 0.25) is 0 Å². The molecule has 0 saturated carbocycles. The van der Waals surface area contributed by atoms with Gasteiger partial charge in [0.1, 0.15) is 11.5 Å². The maximum Gasteiger partial charge on any atom is 0.160 e. The van der Waals surface area contributed by atoms with Crippen LogP contribution in [-0.2, 0) is 0 Å². The van der Waals surface area contributed by atoms with E-state index in [1.165, 1.54) is 6.42 Å². The highest BCUT2D eigenvalue weighted by Gasteiger charge is 2.18. The number of benzene rings is 1. The lowest BCUT2D eigenvalue weighted by molar-refractivity contribution is 0.407. The van der Waals surface area contributed by atoms with Gasteiger partial charge in [-0.25, -0.2) is 9.97 Å². The van der Waals surface area contributed by atoms with Gasteiger partial charge in [0.2, 0.25) is 0 Å². The van der Waals surface area contributed by atoms with Crippen LogP contribution in [0.5, 0.6) is 11.5 Å².